The van der Waals surface area contributed by atoms with Crippen LogP contribution in [-0.2, 0) is 0 Å². The fraction of sp³-hybridized carbons (Fsp3) is 0. The Balaban J connectivity index is 2.30. The molecule has 0 N–H and O–H groups in total. The van der Waals surface area contributed by atoms with Crippen molar-refractivity contribution in [3.8, 4) is 11.3 Å². The summed E-state index contributed by atoms with van der Waals surface area (Å²) in [7, 11) is 0. The molecule has 3 aromatic rings. The van der Waals surface area contributed by atoms with E-state index in [4.69, 9.17) is 4.42 Å². The molecule has 0 unspecified atom stereocenters. The zero-order chi connectivity index (χ0) is 11.7. The van der Waals surface area contributed by atoms with Crippen LogP contribution in [0.25, 0.3) is 22.3 Å². The Bertz CT molecular complexity index is 712. The normalized spacial score (nSPS) is 10.6. The van der Waals surface area contributed by atoms with Gasteiger partial charge in [0.2, 0.25) is 0 Å². The van der Waals surface area contributed by atoms with Crippen LogP contribution in [-0.4, -0.2) is 0 Å². The molecule has 2 heteroatoms. The molecule has 0 bridgehead atoms. The second kappa shape index (κ2) is 3.91. The van der Waals surface area contributed by atoms with Gasteiger partial charge in [-0.2, -0.15) is 0 Å². The van der Waals surface area contributed by atoms with Gasteiger partial charge in [-0.3, -0.25) is 4.79 Å². The molecule has 0 fully saturated rings. The van der Waals surface area contributed by atoms with Crippen LogP contribution in [0.15, 0.2) is 63.8 Å². The van der Waals surface area contributed by atoms with E-state index in [1.807, 2.05) is 30.3 Å². The average Bonchev–Trinajstić information content (AvgIpc) is 2.40. The Morgan fingerprint density at radius 3 is 2.71 bits per heavy atom. The fourth-order valence-corrected chi connectivity index (χ4v) is 1.79. The van der Waals surface area contributed by atoms with E-state index in [1.54, 1.807) is 18.2 Å². The smallest absolute Gasteiger partial charge is 0.193 e. The SMILES string of the molecule is O=c1cc(-c2ccccc2)oc2c[c]ccc12. The number of hydrogen-bond acceptors (Lipinski definition) is 2. The van der Waals surface area contributed by atoms with E-state index in [1.165, 1.54) is 6.07 Å². The lowest BCUT2D eigenvalue weighted by atomic mass is 10.1. The highest BCUT2D eigenvalue weighted by Gasteiger charge is 2.05. The molecule has 0 saturated heterocycles. The molecule has 2 aromatic carbocycles. The Kier molecular flexibility index (Phi) is 2.26. The van der Waals surface area contributed by atoms with Gasteiger partial charge in [0.25, 0.3) is 0 Å². The van der Waals surface area contributed by atoms with Crippen molar-refractivity contribution in [2.24, 2.45) is 0 Å². The minimum Gasteiger partial charge on any atom is -0.456 e. The van der Waals surface area contributed by atoms with Crippen molar-refractivity contribution in [1.82, 2.24) is 0 Å². The van der Waals surface area contributed by atoms with Crippen molar-refractivity contribution in [2.75, 3.05) is 0 Å². The number of rotatable bonds is 1. The summed E-state index contributed by atoms with van der Waals surface area (Å²) < 4.78 is 5.70. The van der Waals surface area contributed by atoms with Gasteiger partial charge in [-0.1, -0.05) is 36.4 Å². The quantitative estimate of drug-likeness (QED) is 0.631. The second-order valence-electron chi connectivity index (χ2n) is 3.76. The third-order valence-electron chi connectivity index (χ3n) is 2.63. The van der Waals surface area contributed by atoms with Crippen LogP contribution in [0.1, 0.15) is 0 Å². The van der Waals surface area contributed by atoms with Crippen LogP contribution in [0.4, 0.5) is 0 Å². The van der Waals surface area contributed by atoms with Gasteiger partial charge in [-0.05, 0) is 18.2 Å². The molecular formula is C15H9O2. The standard InChI is InChI=1S/C15H9O2/c16-13-10-15(11-6-2-1-3-7-11)17-14-9-5-4-8-12(13)14/h1-4,6-10H. The molecule has 81 valence electrons. The van der Waals surface area contributed by atoms with Crippen LogP contribution in [0.5, 0.6) is 0 Å². The lowest BCUT2D eigenvalue weighted by Crippen LogP contribution is -1.99. The summed E-state index contributed by atoms with van der Waals surface area (Å²) in [4.78, 5) is 11.9. The first-order valence-electron chi connectivity index (χ1n) is 5.34. The molecule has 1 aromatic heterocycles. The zero-order valence-corrected chi connectivity index (χ0v) is 9.01. The predicted octanol–water partition coefficient (Wildman–Crippen LogP) is 3.26. The van der Waals surface area contributed by atoms with Gasteiger partial charge in [0.1, 0.15) is 11.3 Å². The molecule has 0 atom stereocenters. The highest BCUT2D eigenvalue weighted by Crippen LogP contribution is 2.21. The Morgan fingerprint density at radius 1 is 1.06 bits per heavy atom. The topological polar surface area (TPSA) is 30.2 Å². The molecule has 17 heavy (non-hydrogen) atoms. The molecule has 1 heterocycles. The van der Waals surface area contributed by atoms with E-state index >= 15 is 0 Å². The monoisotopic (exact) mass is 221 g/mol. The van der Waals surface area contributed by atoms with E-state index in [-0.39, 0.29) is 5.43 Å². The van der Waals surface area contributed by atoms with Crippen LogP contribution in [0.2, 0.25) is 0 Å². The summed E-state index contributed by atoms with van der Waals surface area (Å²) in [5.41, 5.74) is 1.44. The summed E-state index contributed by atoms with van der Waals surface area (Å²) in [5, 5.41) is 0.587. The van der Waals surface area contributed by atoms with Crippen LogP contribution in [0, 0.1) is 6.07 Å². The lowest BCUT2D eigenvalue weighted by molar-refractivity contribution is 0.619. The van der Waals surface area contributed by atoms with Crippen LogP contribution in [0.3, 0.4) is 0 Å². The van der Waals surface area contributed by atoms with Gasteiger partial charge in [0.15, 0.2) is 5.43 Å². The van der Waals surface area contributed by atoms with E-state index in [9.17, 15) is 4.79 Å². The van der Waals surface area contributed by atoms with E-state index in [0.29, 0.717) is 16.7 Å². The average molecular weight is 221 g/mol. The Labute approximate surface area is 98.1 Å². The molecule has 0 aliphatic carbocycles. The summed E-state index contributed by atoms with van der Waals surface area (Å²) in [6, 6.07) is 19.1. The van der Waals surface area contributed by atoms with Gasteiger partial charge in [-0.15, -0.1) is 0 Å². The molecule has 0 saturated carbocycles. The van der Waals surface area contributed by atoms with Crippen molar-refractivity contribution >= 4 is 11.0 Å². The minimum atomic E-state index is -0.0286. The third kappa shape index (κ3) is 1.74. The summed E-state index contributed by atoms with van der Waals surface area (Å²) in [5.74, 6) is 0.586. The Hall–Kier alpha value is -2.35. The summed E-state index contributed by atoms with van der Waals surface area (Å²) in [6.45, 7) is 0. The first kappa shape index (κ1) is 9.85. The van der Waals surface area contributed by atoms with Crippen molar-refractivity contribution in [3.05, 3.63) is 70.9 Å². The number of fused-ring (bicyclic) bond motifs is 1. The highest BCUT2D eigenvalue weighted by atomic mass is 16.3. The predicted molar refractivity (Wildman–Crippen MR) is 66.8 cm³/mol. The van der Waals surface area contributed by atoms with Crippen molar-refractivity contribution in [2.45, 2.75) is 0 Å². The molecule has 2 nitrogen and oxygen atoms in total. The van der Waals surface area contributed by atoms with Gasteiger partial charge < -0.3 is 4.42 Å². The molecule has 0 aliphatic heterocycles. The minimum absolute atomic E-state index is 0.0286. The first-order valence-corrected chi connectivity index (χ1v) is 5.34. The maximum absolute atomic E-state index is 11.9. The van der Waals surface area contributed by atoms with Gasteiger partial charge in [0.05, 0.1) is 5.39 Å². The van der Waals surface area contributed by atoms with Gasteiger partial charge in [0, 0.05) is 11.6 Å². The van der Waals surface area contributed by atoms with Crippen LogP contribution < -0.4 is 5.43 Å². The van der Waals surface area contributed by atoms with Gasteiger partial charge in [-0.25, -0.2) is 0 Å². The molecule has 0 aliphatic rings. The summed E-state index contributed by atoms with van der Waals surface area (Å²) in [6.07, 6.45) is 0. The van der Waals surface area contributed by atoms with Crippen molar-refractivity contribution in [1.29, 1.82) is 0 Å². The molecule has 1 radical (unpaired) electrons. The maximum Gasteiger partial charge on any atom is 0.193 e. The maximum atomic E-state index is 11.9. The van der Waals surface area contributed by atoms with Crippen molar-refractivity contribution in [3.63, 3.8) is 0 Å². The third-order valence-corrected chi connectivity index (χ3v) is 2.63. The zero-order valence-electron chi connectivity index (χ0n) is 9.01. The molecule has 0 amide bonds. The van der Waals surface area contributed by atoms with E-state index in [2.05, 4.69) is 6.07 Å². The second-order valence-corrected chi connectivity index (χ2v) is 3.76. The number of benzene rings is 2. The molecule has 0 spiro atoms. The molecule has 3 rings (SSSR count). The highest BCUT2D eigenvalue weighted by molar-refractivity contribution is 5.78. The number of hydrogen-bond donors (Lipinski definition) is 0. The Morgan fingerprint density at radius 2 is 1.88 bits per heavy atom. The summed E-state index contributed by atoms with van der Waals surface area (Å²) >= 11 is 0. The van der Waals surface area contributed by atoms with Gasteiger partial charge >= 0.3 is 0 Å². The van der Waals surface area contributed by atoms with Crippen LogP contribution >= 0.6 is 0 Å². The van der Waals surface area contributed by atoms with E-state index in [0.717, 1.165) is 5.56 Å². The fourth-order valence-electron chi connectivity index (χ4n) is 1.79. The largest absolute Gasteiger partial charge is 0.456 e. The molecular weight excluding hydrogens is 212 g/mol. The van der Waals surface area contributed by atoms with Crippen molar-refractivity contribution < 1.29 is 4.42 Å². The lowest BCUT2D eigenvalue weighted by Gasteiger charge is -2.02. The first-order chi connectivity index (χ1) is 8.34. The van der Waals surface area contributed by atoms with E-state index < -0.39 is 0 Å².